The van der Waals surface area contributed by atoms with Gasteiger partial charge in [0.15, 0.2) is 0 Å². The van der Waals surface area contributed by atoms with Crippen molar-refractivity contribution in [2.75, 3.05) is 0 Å². The molecule has 1 aliphatic carbocycles. The number of hydrogen-bond donors (Lipinski definition) is 1. The van der Waals surface area contributed by atoms with Crippen molar-refractivity contribution in [2.24, 2.45) is 5.92 Å². The van der Waals surface area contributed by atoms with E-state index in [2.05, 4.69) is 0 Å². The van der Waals surface area contributed by atoms with Crippen LogP contribution < -0.4 is 0 Å². The highest BCUT2D eigenvalue weighted by molar-refractivity contribution is 5.52. The Morgan fingerprint density at radius 2 is 2.00 bits per heavy atom. The zero-order chi connectivity index (χ0) is 7.23. The normalized spacial score (nSPS) is 19.6. The molecule has 1 saturated carbocycles. The van der Waals surface area contributed by atoms with E-state index in [4.69, 9.17) is 5.41 Å². The van der Waals surface area contributed by atoms with Gasteiger partial charge in [0.2, 0.25) is 0 Å². The molecule has 0 amide bonds. The standard InChI is InChI=1S/C9H17N/c10-8-4-3-7-9-5-1-2-6-9/h8-10H,1-7H2. The van der Waals surface area contributed by atoms with Gasteiger partial charge in [-0.05, 0) is 25.0 Å². The molecule has 0 radical (unpaired) electrons. The molecule has 0 aromatic carbocycles. The molecule has 0 saturated heterocycles. The van der Waals surface area contributed by atoms with Gasteiger partial charge in [-0.15, -0.1) is 0 Å². The zero-order valence-corrected chi connectivity index (χ0v) is 6.60. The van der Waals surface area contributed by atoms with Crippen LogP contribution in [0.25, 0.3) is 0 Å². The fraction of sp³-hybridized carbons (Fsp3) is 0.889. The first-order chi connectivity index (χ1) is 4.93. The van der Waals surface area contributed by atoms with Crippen LogP contribution in [-0.2, 0) is 0 Å². The van der Waals surface area contributed by atoms with Gasteiger partial charge in [0.1, 0.15) is 0 Å². The average Bonchev–Trinajstić information content (AvgIpc) is 2.41. The van der Waals surface area contributed by atoms with Crippen LogP contribution in [0.15, 0.2) is 0 Å². The summed E-state index contributed by atoms with van der Waals surface area (Å²) in [6.07, 6.45) is 11.0. The van der Waals surface area contributed by atoms with Crippen LogP contribution in [0.5, 0.6) is 0 Å². The Bertz CT molecular complexity index is 92.9. The topological polar surface area (TPSA) is 23.9 Å². The van der Waals surface area contributed by atoms with Crippen LogP contribution in [0.3, 0.4) is 0 Å². The third-order valence-electron chi connectivity index (χ3n) is 2.44. The van der Waals surface area contributed by atoms with Crippen molar-refractivity contribution < 1.29 is 0 Å². The van der Waals surface area contributed by atoms with Crippen molar-refractivity contribution >= 4 is 6.21 Å². The second-order valence-corrected chi connectivity index (χ2v) is 3.29. The Hall–Kier alpha value is -0.330. The van der Waals surface area contributed by atoms with Crippen LogP contribution in [0.1, 0.15) is 44.9 Å². The first kappa shape index (κ1) is 7.77. The summed E-state index contributed by atoms with van der Waals surface area (Å²) in [7, 11) is 0. The first-order valence-electron chi connectivity index (χ1n) is 4.42. The highest BCUT2D eigenvalue weighted by atomic mass is 14.3. The Morgan fingerprint density at radius 3 is 2.60 bits per heavy atom. The molecule has 1 nitrogen and oxygen atoms in total. The van der Waals surface area contributed by atoms with Gasteiger partial charge < -0.3 is 5.41 Å². The van der Waals surface area contributed by atoms with Crippen LogP contribution in [0.2, 0.25) is 0 Å². The summed E-state index contributed by atoms with van der Waals surface area (Å²) in [6, 6.07) is 0. The molecule has 0 bridgehead atoms. The molecule has 1 heteroatoms. The van der Waals surface area contributed by atoms with Gasteiger partial charge in [0, 0.05) is 0 Å². The van der Waals surface area contributed by atoms with Crippen molar-refractivity contribution in [1.29, 1.82) is 5.41 Å². The molecular formula is C9H17N. The maximum absolute atomic E-state index is 6.85. The molecule has 58 valence electrons. The number of unbranched alkanes of at least 4 members (excludes halogenated alkanes) is 1. The van der Waals surface area contributed by atoms with E-state index in [-0.39, 0.29) is 0 Å². The molecule has 0 aliphatic heterocycles. The summed E-state index contributed by atoms with van der Waals surface area (Å²) in [5.74, 6) is 1.01. The molecule has 1 N–H and O–H groups in total. The molecule has 0 unspecified atom stereocenters. The van der Waals surface area contributed by atoms with E-state index in [0.717, 1.165) is 12.3 Å². The zero-order valence-electron chi connectivity index (χ0n) is 6.60. The van der Waals surface area contributed by atoms with Crippen molar-refractivity contribution in [2.45, 2.75) is 44.9 Å². The largest absolute Gasteiger partial charge is 0.313 e. The van der Waals surface area contributed by atoms with Gasteiger partial charge >= 0.3 is 0 Å². The molecule has 1 rings (SSSR count). The van der Waals surface area contributed by atoms with E-state index in [9.17, 15) is 0 Å². The van der Waals surface area contributed by atoms with E-state index >= 15 is 0 Å². The van der Waals surface area contributed by atoms with Crippen LogP contribution in [0.4, 0.5) is 0 Å². The average molecular weight is 139 g/mol. The van der Waals surface area contributed by atoms with E-state index in [1.807, 2.05) is 0 Å². The van der Waals surface area contributed by atoms with Gasteiger partial charge in [-0.25, -0.2) is 0 Å². The molecular weight excluding hydrogens is 122 g/mol. The minimum Gasteiger partial charge on any atom is -0.313 e. The maximum Gasteiger partial charge on any atom is -0.00477 e. The maximum atomic E-state index is 6.85. The minimum atomic E-state index is 0.997. The SMILES string of the molecule is N=CCCCC1CCCC1. The summed E-state index contributed by atoms with van der Waals surface area (Å²) < 4.78 is 0. The van der Waals surface area contributed by atoms with Gasteiger partial charge in [-0.3, -0.25) is 0 Å². The van der Waals surface area contributed by atoms with Crippen molar-refractivity contribution in [3.05, 3.63) is 0 Å². The molecule has 0 atom stereocenters. The second-order valence-electron chi connectivity index (χ2n) is 3.29. The van der Waals surface area contributed by atoms with Gasteiger partial charge in [0.05, 0.1) is 0 Å². The summed E-state index contributed by atoms with van der Waals surface area (Å²) in [6.45, 7) is 0. The molecule has 1 aliphatic rings. The highest BCUT2D eigenvalue weighted by Gasteiger charge is 2.13. The third-order valence-corrected chi connectivity index (χ3v) is 2.44. The first-order valence-corrected chi connectivity index (χ1v) is 4.42. The van der Waals surface area contributed by atoms with Crippen molar-refractivity contribution in [3.63, 3.8) is 0 Å². The molecule has 1 fully saturated rings. The fourth-order valence-corrected chi connectivity index (χ4v) is 1.81. The van der Waals surface area contributed by atoms with Crippen molar-refractivity contribution in [1.82, 2.24) is 0 Å². The van der Waals surface area contributed by atoms with Gasteiger partial charge in [-0.1, -0.05) is 32.1 Å². The van der Waals surface area contributed by atoms with E-state index in [1.165, 1.54) is 44.7 Å². The highest BCUT2D eigenvalue weighted by Crippen LogP contribution is 2.28. The quantitative estimate of drug-likeness (QED) is 0.457. The molecule has 10 heavy (non-hydrogen) atoms. The lowest BCUT2D eigenvalue weighted by Crippen LogP contribution is -1.92. The number of nitrogens with one attached hydrogen (secondary N) is 1. The van der Waals surface area contributed by atoms with E-state index in [1.54, 1.807) is 0 Å². The molecule has 0 heterocycles. The lowest BCUT2D eigenvalue weighted by molar-refractivity contribution is 0.490. The lowest BCUT2D eigenvalue weighted by Gasteiger charge is -2.05. The number of hydrogen-bond acceptors (Lipinski definition) is 1. The second kappa shape index (κ2) is 4.48. The predicted molar refractivity (Wildman–Crippen MR) is 44.6 cm³/mol. The smallest absolute Gasteiger partial charge is 0.00477 e. The lowest BCUT2D eigenvalue weighted by atomic mass is 10.0. The summed E-state index contributed by atoms with van der Waals surface area (Å²) >= 11 is 0. The van der Waals surface area contributed by atoms with Crippen LogP contribution >= 0.6 is 0 Å². The number of rotatable bonds is 4. The van der Waals surface area contributed by atoms with Gasteiger partial charge in [-0.2, -0.15) is 0 Å². The summed E-state index contributed by atoms with van der Waals surface area (Å²) in [5.41, 5.74) is 0. The third kappa shape index (κ3) is 2.51. The minimum absolute atomic E-state index is 0.997. The Kier molecular flexibility index (Phi) is 3.48. The summed E-state index contributed by atoms with van der Waals surface area (Å²) in [4.78, 5) is 0. The fourth-order valence-electron chi connectivity index (χ4n) is 1.81. The predicted octanol–water partition coefficient (Wildman–Crippen LogP) is 3.00. The van der Waals surface area contributed by atoms with Gasteiger partial charge in [0.25, 0.3) is 0 Å². The Labute approximate surface area is 63.3 Å². The van der Waals surface area contributed by atoms with E-state index < -0.39 is 0 Å². The van der Waals surface area contributed by atoms with E-state index in [0.29, 0.717) is 0 Å². The molecule has 0 aromatic heterocycles. The van der Waals surface area contributed by atoms with Crippen molar-refractivity contribution in [3.8, 4) is 0 Å². The van der Waals surface area contributed by atoms with Crippen LogP contribution in [0, 0.1) is 11.3 Å². The monoisotopic (exact) mass is 139 g/mol. The Morgan fingerprint density at radius 1 is 1.30 bits per heavy atom. The summed E-state index contributed by atoms with van der Waals surface area (Å²) in [5, 5.41) is 6.85. The molecule has 0 aromatic rings. The van der Waals surface area contributed by atoms with Crippen LogP contribution in [-0.4, -0.2) is 6.21 Å². The Balaban J connectivity index is 1.96. The molecule has 0 spiro atoms.